The molecule has 0 saturated heterocycles. The van der Waals surface area contributed by atoms with Gasteiger partial charge >= 0.3 is 0 Å². The monoisotopic (exact) mass is 302 g/mol. The van der Waals surface area contributed by atoms with Crippen molar-refractivity contribution < 1.29 is 4.74 Å². The fourth-order valence-corrected chi connectivity index (χ4v) is 2.97. The first-order valence-electron chi connectivity index (χ1n) is 7.17. The molecule has 3 N–H and O–H groups in total. The minimum absolute atomic E-state index is 0.103. The van der Waals surface area contributed by atoms with Crippen LogP contribution in [0, 0.1) is 6.92 Å². The molecule has 1 unspecified atom stereocenters. The number of aryl methyl sites for hydroxylation is 2. The van der Waals surface area contributed by atoms with E-state index in [1.807, 2.05) is 19.1 Å². The van der Waals surface area contributed by atoms with Gasteiger partial charge < -0.3 is 4.74 Å². The molecule has 0 saturated carbocycles. The molecule has 0 aliphatic carbocycles. The first kappa shape index (κ1) is 14.4. The summed E-state index contributed by atoms with van der Waals surface area (Å²) in [7, 11) is 0. The molecular weight excluding hydrogens is 284 g/mol. The van der Waals surface area contributed by atoms with Crippen LogP contribution in [0.3, 0.4) is 0 Å². The first-order chi connectivity index (χ1) is 10.2. The second-order valence-corrected chi connectivity index (χ2v) is 5.80. The van der Waals surface area contributed by atoms with Gasteiger partial charge in [0.05, 0.1) is 12.6 Å². The quantitative estimate of drug-likeness (QED) is 0.673. The molecule has 2 aromatic rings. The lowest BCUT2D eigenvalue weighted by Gasteiger charge is -2.25. The lowest BCUT2D eigenvalue weighted by atomic mass is 9.93. The number of nitrogens with one attached hydrogen (secondary N) is 1. The maximum Gasteiger partial charge on any atom is 0.127 e. The Hall–Kier alpha value is -1.55. The van der Waals surface area contributed by atoms with Crippen LogP contribution in [-0.2, 0) is 6.42 Å². The smallest absolute Gasteiger partial charge is 0.127 e. The first-order valence-corrected chi connectivity index (χ1v) is 7.55. The van der Waals surface area contributed by atoms with E-state index >= 15 is 0 Å². The Kier molecular flexibility index (Phi) is 4.15. The molecule has 0 aromatic heterocycles. The second-order valence-electron chi connectivity index (χ2n) is 5.40. The number of halogens is 1. The van der Waals surface area contributed by atoms with Crippen LogP contribution in [0.15, 0.2) is 36.4 Å². The maximum atomic E-state index is 6.11. The van der Waals surface area contributed by atoms with Gasteiger partial charge in [0, 0.05) is 10.6 Å². The molecule has 110 valence electrons. The van der Waals surface area contributed by atoms with Crippen LogP contribution in [0.4, 0.5) is 0 Å². The number of nitrogens with two attached hydrogens (primary N) is 1. The minimum Gasteiger partial charge on any atom is -0.493 e. The summed E-state index contributed by atoms with van der Waals surface area (Å²) >= 11 is 6.11. The van der Waals surface area contributed by atoms with Gasteiger partial charge in [-0.2, -0.15) is 0 Å². The van der Waals surface area contributed by atoms with Crippen molar-refractivity contribution in [2.75, 3.05) is 6.61 Å². The number of hydrogen-bond acceptors (Lipinski definition) is 3. The highest BCUT2D eigenvalue weighted by Gasteiger charge is 2.21. The van der Waals surface area contributed by atoms with Gasteiger partial charge in [-0.3, -0.25) is 5.84 Å². The molecule has 0 radical (unpaired) electrons. The number of hydrogen-bond donors (Lipinski definition) is 2. The average molecular weight is 303 g/mol. The lowest BCUT2D eigenvalue weighted by molar-refractivity contribution is 0.283. The van der Waals surface area contributed by atoms with E-state index in [1.165, 1.54) is 5.56 Å². The number of rotatable bonds is 3. The molecule has 0 amide bonds. The molecule has 4 heteroatoms. The summed E-state index contributed by atoms with van der Waals surface area (Å²) in [5.41, 5.74) is 7.37. The zero-order chi connectivity index (χ0) is 14.8. The lowest BCUT2D eigenvalue weighted by Crippen LogP contribution is -2.30. The van der Waals surface area contributed by atoms with Gasteiger partial charge in [0.25, 0.3) is 0 Å². The van der Waals surface area contributed by atoms with Gasteiger partial charge in [-0.05, 0) is 42.5 Å². The number of ether oxygens (including phenoxy) is 1. The molecule has 1 aliphatic rings. The minimum atomic E-state index is -0.103. The number of hydrazine groups is 1. The highest BCUT2D eigenvalue weighted by Crippen LogP contribution is 2.36. The van der Waals surface area contributed by atoms with Crippen molar-refractivity contribution in [3.8, 4) is 5.75 Å². The van der Waals surface area contributed by atoms with Gasteiger partial charge in [0.15, 0.2) is 0 Å². The van der Waals surface area contributed by atoms with E-state index in [-0.39, 0.29) is 6.04 Å². The third-order valence-corrected chi connectivity index (χ3v) is 4.38. The molecule has 3 rings (SSSR count). The Labute approximate surface area is 130 Å². The van der Waals surface area contributed by atoms with Crippen molar-refractivity contribution in [2.45, 2.75) is 25.8 Å². The van der Waals surface area contributed by atoms with Gasteiger partial charge in [0.1, 0.15) is 5.75 Å². The zero-order valence-electron chi connectivity index (χ0n) is 12.0. The number of fused-ring (bicyclic) bond motifs is 1. The summed E-state index contributed by atoms with van der Waals surface area (Å²) in [6.07, 6.45) is 2.12. The standard InChI is InChI=1S/C17H19ClN2O/c1-11-10-13(7-8-15(11)18)16(20-19)14-6-2-4-12-5-3-9-21-17(12)14/h2,4,6-8,10,16,20H,3,5,9,19H2,1H3. The van der Waals surface area contributed by atoms with E-state index in [0.717, 1.165) is 46.9 Å². The molecule has 0 bridgehead atoms. The molecule has 21 heavy (non-hydrogen) atoms. The van der Waals surface area contributed by atoms with Gasteiger partial charge in [0.2, 0.25) is 0 Å². The maximum absolute atomic E-state index is 6.11. The van der Waals surface area contributed by atoms with Crippen LogP contribution in [0.1, 0.15) is 34.7 Å². The molecule has 1 atom stereocenters. The third-order valence-electron chi connectivity index (χ3n) is 3.96. The van der Waals surface area contributed by atoms with Crippen molar-refractivity contribution in [3.63, 3.8) is 0 Å². The van der Waals surface area contributed by atoms with Crippen LogP contribution in [-0.4, -0.2) is 6.61 Å². The third kappa shape index (κ3) is 2.77. The molecule has 1 aliphatic heterocycles. The van der Waals surface area contributed by atoms with Crippen LogP contribution in [0.25, 0.3) is 0 Å². The van der Waals surface area contributed by atoms with E-state index in [0.29, 0.717) is 0 Å². The predicted octanol–water partition coefficient (Wildman–Crippen LogP) is 3.53. The Morgan fingerprint density at radius 3 is 2.90 bits per heavy atom. The highest BCUT2D eigenvalue weighted by atomic mass is 35.5. The fraction of sp³-hybridized carbons (Fsp3) is 0.294. The van der Waals surface area contributed by atoms with E-state index in [4.69, 9.17) is 22.2 Å². The molecule has 0 fully saturated rings. The number of para-hydroxylation sites is 1. The van der Waals surface area contributed by atoms with Crippen molar-refractivity contribution >= 4 is 11.6 Å². The summed E-state index contributed by atoms with van der Waals surface area (Å²) < 4.78 is 5.89. The topological polar surface area (TPSA) is 47.3 Å². The summed E-state index contributed by atoms with van der Waals surface area (Å²) in [4.78, 5) is 0. The van der Waals surface area contributed by atoms with Crippen LogP contribution >= 0.6 is 11.6 Å². The summed E-state index contributed by atoms with van der Waals surface area (Å²) in [6, 6.07) is 12.1. The molecule has 3 nitrogen and oxygen atoms in total. The molecular formula is C17H19ClN2O. The Balaban J connectivity index is 2.06. The van der Waals surface area contributed by atoms with E-state index in [2.05, 4.69) is 29.7 Å². The summed E-state index contributed by atoms with van der Waals surface area (Å²) in [6.45, 7) is 2.76. The van der Waals surface area contributed by atoms with Crippen molar-refractivity contribution in [2.24, 2.45) is 5.84 Å². The zero-order valence-corrected chi connectivity index (χ0v) is 12.8. The molecule has 1 heterocycles. The van der Waals surface area contributed by atoms with Crippen molar-refractivity contribution in [1.29, 1.82) is 0 Å². The predicted molar refractivity (Wildman–Crippen MR) is 85.6 cm³/mol. The Morgan fingerprint density at radius 1 is 1.29 bits per heavy atom. The highest BCUT2D eigenvalue weighted by molar-refractivity contribution is 6.31. The summed E-state index contributed by atoms with van der Waals surface area (Å²) in [5.74, 6) is 6.79. The fourth-order valence-electron chi connectivity index (χ4n) is 2.85. The van der Waals surface area contributed by atoms with E-state index in [1.54, 1.807) is 0 Å². The van der Waals surface area contributed by atoms with Crippen molar-refractivity contribution in [1.82, 2.24) is 5.43 Å². The Morgan fingerprint density at radius 2 is 2.14 bits per heavy atom. The molecule has 0 spiro atoms. The van der Waals surface area contributed by atoms with Gasteiger partial charge in [-0.15, -0.1) is 0 Å². The molecule has 2 aromatic carbocycles. The second kappa shape index (κ2) is 6.06. The van der Waals surface area contributed by atoms with Crippen molar-refractivity contribution in [3.05, 3.63) is 63.7 Å². The van der Waals surface area contributed by atoms with Gasteiger partial charge in [-0.1, -0.05) is 41.9 Å². The Bertz CT molecular complexity index is 657. The SMILES string of the molecule is Cc1cc(C(NN)c2cccc3c2OCCC3)ccc1Cl. The summed E-state index contributed by atoms with van der Waals surface area (Å²) in [5, 5.41) is 0.765. The normalized spacial score (nSPS) is 15.2. The van der Waals surface area contributed by atoms with Gasteiger partial charge in [-0.25, -0.2) is 5.43 Å². The van der Waals surface area contributed by atoms with E-state index in [9.17, 15) is 0 Å². The average Bonchev–Trinajstić information content (AvgIpc) is 2.52. The largest absolute Gasteiger partial charge is 0.493 e. The van der Waals surface area contributed by atoms with Crippen LogP contribution in [0.5, 0.6) is 5.75 Å². The number of benzene rings is 2. The van der Waals surface area contributed by atoms with Crippen LogP contribution in [0.2, 0.25) is 5.02 Å². The van der Waals surface area contributed by atoms with E-state index < -0.39 is 0 Å². The van der Waals surface area contributed by atoms with Crippen LogP contribution < -0.4 is 16.0 Å².